The average Bonchev–Trinajstić information content (AvgIpc) is 3.06. The molecule has 27 heavy (non-hydrogen) atoms. The predicted molar refractivity (Wildman–Crippen MR) is 107 cm³/mol. The molecule has 3 nitrogen and oxygen atoms in total. The first-order valence-electron chi connectivity index (χ1n) is 8.91. The smallest absolute Gasteiger partial charge is 0.216 e. The molecular formula is C24H17N2O+. The molecule has 5 aromatic rings. The summed E-state index contributed by atoms with van der Waals surface area (Å²) in [5, 5.41) is 12.5. The number of benzene rings is 3. The highest BCUT2D eigenvalue weighted by atomic mass is 16.3. The van der Waals surface area contributed by atoms with Crippen LogP contribution in [0.25, 0.3) is 44.1 Å². The molecule has 0 atom stereocenters. The molecule has 0 saturated carbocycles. The van der Waals surface area contributed by atoms with Gasteiger partial charge in [-0.15, -0.1) is 0 Å². The van der Waals surface area contributed by atoms with Crippen LogP contribution in [0.4, 0.5) is 0 Å². The Balaban J connectivity index is 1.89. The summed E-state index contributed by atoms with van der Waals surface area (Å²) in [5.41, 5.74) is 6.76. The van der Waals surface area contributed by atoms with Crippen LogP contribution in [0, 0.1) is 18.3 Å². The van der Waals surface area contributed by atoms with Crippen molar-refractivity contribution in [2.45, 2.75) is 6.92 Å². The second-order valence-corrected chi connectivity index (χ2v) is 6.90. The van der Waals surface area contributed by atoms with Gasteiger partial charge in [-0.1, -0.05) is 24.3 Å². The Labute approximate surface area is 156 Å². The van der Waals surface area contributed by atoms with E-state index >= 15 is 0 Å². The van der Waals surface area contributed by atoms with Crippen LogP contribution < -0.4 is 4.57 Å². The van der Waals surface area contributed by atoms with Gasteiger partial charge in [0, 0.05) is 28.3 Å². The fourth-order valence-corrected chi connectivity index (χ4v) is 3.92. The number of nitriles is 1. The van der Waals surface area contributed by atoms with Gasteiger partial charge in [0.1, 0.15) is 18.2 Å². The summed E-state index contributed by atoms with van der Waals surface area (Å²) in [4.78, 5) is 0. The van der Waals surface area contributed by atoms with Crippen LogP contribution in [0.15, 0.2) is 71.1 Å². The summed E-state index contributed by atoms with van der Waals surface area (Å²) in [7, 11) is 2.09. The normalized spacial score (nSPS) is 11.3. The topological polar surface area (TPSA) is 40.8 Å². The fourth-order valence-electron chi connectivity index (χ4n) is 3.92. The Kier molecular flexibility index (Phi) is 3.29. The molecule has 0 amide bonds. The minimum Gasteiger partial charge on any atom is -0.455 e. The predicted octanol–water partition coefficient (Wildman–Crippen LogP) is 5.41. The molecule has 0 aliphatic heterocycles. The lowest BCUT2D eigenvalue weighted by molar-refractivity contribution is -0.633. The Morgan fingerprint density at radius 1 is 0.926 bits per heavy atom. The third-order valence-corrected chi connectivity index (χ3v) is 5.32. The van der Waals surface area contributed by atoms with Crippen LogP contribution in [0.3, 0.4) is 0 Å². The monoisotopic (exact) mass is 349 g/mol. The maximum absolute atomic E-state index is 9.19. The maximum Gasteiger partial charge on any atom is 0.216 e. The molecule has 3 aromatic carbocycles. The Morgan fingerprint density at radius 2 is 1.74 bits per heavy atom. The van der Waals surface area contributed by atoms with E-state index in [2.05, 4.69) is 73.1 Å². The number of hydrogen-bond acceptors (Lipinski definition) is 2. The Hall–Kier alpha value is -3.64. The largest absolute Gasteiger partial charge is 0.455 e. The van der Waals surface area contributed by atoms with Crippen molar-refractivity contribution in [3.05, 3.63) is 77.9 Å². The van der Waals surface area contributed by atoms with Gasteiger partial charge in [0.2, 0.25) is 11.2 Å². The van der Waals surface area contributed by atoms with Crippen LogP contribution in [0.5, 0.6) is 0 Å². The molecular weight excluding hydrogens is 332 g/mol. The second-order valence-electron chi connectivity index (χ2n) is 6.90. The Bertz CT molecular complexity index is 1400. The number of nitrogens with zero attached hydrogens (tertiary/aromatic N) is 2. The van der Waals surface area contributed by atoms with Crippen LogP contribution in [0.1, 0.15) is 11.1 Å². The Morgan fingerprint density at radius 3 is 2.59 bits per heavy atom. The maximum atomic E-state index is 9.19. The van der Waals surface area contributed by atoms with Crippen LogP contribution >= 0.6 is 0 Å². The van der Waals surface area contributed by atoms with E-state index < -0.39 is 0 Å². The van der Waals surface area contributed by atoms with Gasteiger partial charge in [0.15, 0.2) is 0 Å². The van der Waals surface area contributed by atoms with Crippen molar-refractivity contribution >= 4 is 32.8 Å². The summed E-state index contributed by atoms with van der Waals surface area (Å²) in [6.45, 7) is 2.11. The zero-order valence-corrected chi connectivity index (χ0v) is 15.2. The summed E-state index contributed by atoms with van der Waals surface area (Å²) >= 11 is 0. The van der Waals surface area contributed by atoms with Crippen molar-refractivity contribution < 1.29 is 8.98 Å². The molecule has 0 spiro atoms. The summed E-state index contributed by atoms with van der Waals surface area (Å²) < 4.78 is 8.48. The van der Waals surface area contributed by atoms with Gasteiger partial charge in [0.25, 0.3) is 0 Å². The number of para-hydroxylation sites is 1. The molecule has 0 unspecified atom stereocenters. The number of pyridine rings is 1. The molecule has 2 heterocycles. The number of rotatable bonds is 1. The van der Waals surface area contributed by atoms with Gasteiger partial charge in [-0.3, -0.25) is 0 Å². The van der Waals surface area contributed by atoms with Gasteiger partial charge in [-0.05, 0) is 42.8 Å². The van der Waals surface area contributed by atoms with E-state index in [-0.39, 0.29) is 0 Å². The lowest BCUT2D eigenvalue weighted by Gasteiger charge is -2.07. The molecule has 0 fully saturated rings. The highest BCUT2D eigenvalue weighted by Crippen LogP contribution is 2.37. The van der Waals surface area contributed by atoms with E-state index in [0.29, 0.717) is 5.56 Å². The highest BCUT2D eigenvalue weighted by Gasteiger charge is 2.21. The van der Waals surface area contributed by atoms with Crippen LogP contribution in [-0.4, -0.2) is 0 Å². The first-order chi connectivity index (χ1) is 13.2. The van der Waals surface area contributed by atoms with E-state index in [1.807, 2.05) is 18.2 Å². The van der Waals surface area contributed by atoms with Gasteiger partial charge < -0.3 is 4.42 Å². The summed E-state index contributed by atoms with van der Waals surface area (Å²) in [5.74, 6) is 0. The van der Waals surface area contributed by atoms with Crippen molar-refractivity contribution in [1.82, 2.24) is 0 Å². The number of fused-ring (bicyclic) bond motifs is 4. The molecule has 0 radical (unpaired) electrons. The molecule has 0 bridgehead atoms. The van der Waals surface area contributed by atoms with Crippen molar-refractivity contribution in [3.8, 4) is 17.3 Å². The lowest BCUT2D eigenvalue weighted by atomic mass is 9.99. The van der Waals surface area contributed by atoms with Crippen molar-refractivity contribution in [3.63, 3.8) is 0 Å². The molecule has 2 aromatic heterocycles. The van der Waals surface area contributed by atoms with Crippen molar-refractivity contribution in [1.29, 1.82) is 5.26 Å². The van der Waals surface area contributed by atoms with Gasteiger partial charge in [-0.25, -0.2) is 0 Å². The summed E-state index contributed by atoms with van der Waals surface area (Å²) in [6, 6.07) is 24.7. The zero-order chi connectivity index (χ0) is 18.5. The van der Waals surface area contributed by atoms with Gasteiger partial charge in [-0.2, -0.15) is 9.83 Å². The van der Waals surface area contributed by atoms with Gasteiger partial charge in [0.05, 0.1) is 17.2 Å². The number of aryl methyl sites for hydroxylation is 2. The van der Waals surface area contributed by atoms with Crippen molar-refractivity contribution in [2.75, 3.05) is 0 Å². The van der Waals surface area contributed by atoms with E-state index in [1.165, 1.54) is 10.9 Å². The van der Waals surface area contributed by atoms with Crippen LogP contribution in [0.2, 0.25) is 0 Å². The fraction of sp³-hybridized carbons (Fsp3) is 0.0833. The minimum absolute atomic E-state index is 0.607. The first kappa shape index (κ1) is 15.6. The number of hydrogen-bond donors (Lipinski definition) is 0. The van der Waals surface area contributed by atoms with Gasteiger partial charge >= 0.3 is 0 Å². The minimum atomic E-state index is 0.607. The highest BCUT2D eigenvalue weighted by molar-refractivity contribution is 6.10. The summed E-state index contributed by atoms with van der Waals surface area (Å²) in [6.07, 6.45) is 0. The van der Waals surface area contributed by atoms with E-state index in [4.69, 9.17) is 4.42 Å². The van der Waals surface area contributed by atoms with Crippen molar-refractivity contribution in [2.24, 2.45) is 7.05 Å². The average molecular weight is 349 g/mol. The third-order valence-electron chi connectivity index (χ3n) is 5.32. The molecule has 128 valence electrons. The number of aromatic nitrogens is 1. The molecule has 0 saturated heterocycles. The first-order valence-corrected chi connectivity index (χ1v) is 8.91. The molecule has 0 N–H and O–H groups in total. The number of furan rings is 1. The third kappa shape index (κ3) is 2.24. The molecule has 0 aliphatic carbocycles. The van der Waals surface area contributed by atoms with E-state index in [9.17, 15) is 5.26 Å². The zero-order valence-electron chi connectivity index (χ0n) is 15.2. The van der Waals surface area contributed by atoms with E-state index in [1.54, 1.807) is 0 Å². The quantitative estimate of drug-likeness (QED) is 0.380. The standard InChI is InChI=1S/C24H17N2O/c1-15-7-10-19-18-11-8-16(14-25)13-22(18)27-24(19)23(15)21-12-9-17-5-3-4-6-20(17)26(21)2/h3-13H,1-2H3/q+1. The lowest BCUT2D eigenvalue weighted by Crippen LogP contribution is -2.32. The molecule has 0 aliphatic rings. The van der Waals surface area contributed by atoms with Crippen LogP contribution in [-0.2, 0) is 7.05 Å². The SMILES string of the molecule is Cc1ccc2c(oc3cc(C#N)ccc32)c1-c1ccc2ccccc2[n+]1C. The molecule has 3 heteroatoms. The molecule has 5 rings (SSSR count). The second kappa shape index (κ2) is 5.69. The van der Waals surface area contributed by atoms with E-state index in [0.717, 1.165) is 38.8 Å².